The van der Waals surface area contributed by atoms with Crippen LogP contribution in [0.25, 0.3) is 0 Å². The zero-order valence-electron chi connectivity index (χ0n) is 11.4. The van der Waals surface area contributed by atoms with Gasteiger partial charge in [-0.3, -0.25) is 10.1 Å². The highest BCUT2D eigenvalue weighted by molar-refractivity contribution is 5.92. The number of esters is 1. The van der Waals surface area contributed by atoms with Crippen LogP contribution in [0.2, 0.25) is 0 Å². The highest BCUT2D eigenvalue weighted by atomic mass is 16.6. The minimum absolute atomic E-state index is 0.106. The van der Waals surface area contributed by atoms with Gasteiger partial charge in [0.1, 0.15) is 19.0 Å². The molecule has 2 aromatic rings. The first-order chi connectivity index (χ1) is 10.6. The second-order valence-electron chi connectivity index (χ2n) is 4.50. The molecule has 7 nitrogen and oxygen atoms in total. The monoisotopic (exact) mass is 301 g/mol. The largest absolute Gasteiger partial charge is 0.486 e. The SMILES string of the molecule is O=C(Oc1cccc([N+](=O)[O-])c1)c1ccc2c(c1)OCCO2. The molecule has 0 aliphatic carbocycles. The Kier molecular flexibility index (Phi) is 3.61. The maximum absolute atomic E-state index is 12.1. The first-order valence-corrected chi connectivity index (χ1v) is 6.50. The number of non-ortho nitro benzene ring substituents is 1. The summed E-state index contributed by atoms with van der Waals surface area (Å²) in [6.45, 7) is 0.876. The van der Waals surface area contributed by atoms with E-state index >= 15 is 0 Å². The fourth-order valence-electron chi connectivity index (χ4n) is 2.00. The van der Waals surface area contributed by atoms with Crippen molar-refractivity contribution >= 4 is 11.7 Å². The van der Waals surface area contributed by atoms with Gasteiger partial charge in [0.25, 0.3) is 5.69 Å². The summed E-state index contributed by atoms with van der Waals surface area (Å²) >= 11 is 0. The van der Waals surface area contributed by atoms with Crippen LogP contribution >= 0.6 is 0 Å². The summed E-state index contributed by atoms with van der Waals surface area (Å²) in [7, 11) is 0. The summed E-state index contributed by atoms with van der Waals surface area (Å²) in [6, 6.07) is 10.1. The lowest BCUT2D eigenvalue weighted by Gasteiger charge is -2.18. The van der Waals surface area contributed by atoms with Crippen LogP contribution in [-0.4, -0.2) is 24.1 Å². The fraction of sp³-hybridized carbons (Fsp3) is 0.133. The van der Waals surface area contributed by atoms with Crippen molar-refractivity contribution in [1.82, 2.24) is 0 Å². The average molecular weight is 301 g/mol. The Labute approximate surface area is 125 Å². The zero-order chi connectivity index (χ0) is 15.5. The summed E-state index contributed by atoms with van der Waals surface area (Å²) in [6.07, 6.45) is 0. The van der Waals surface area contributed by atoms with Gasteiger partial charge in [-0.05, 0) is 24.3 Å². The Morgan fingerprint density at radius 3 is 2.64 bits per heavy atom. The summed E-state index contributed by atoms with van der Waals surface area (Å²) in [5.74, 6) is 0.518. The van der Waals surface area contributed by atoms with E-state index in [1.54, 1.807) is 12.1 Å². The molecule has 3 rings (SSSR count). The van der Waals surface area contributed by atoms with Gasteiger partial charge in [-0.15, -0.1) is 0 Å². The molecule has 0 fully saturated rings. The first kappa shape index (κ1) is 13.9. The molecular formula is C15H11NO6. The van der Waals surface area contributed by atoms with E-state index in [4.69, 9.17) is 14.2 Å². The predicted molar refractivity (Wildman–Crippen MR) is 75.5 cm³/mol. The lowest BCUT2D eigenvalue weighted by molar-refractivity contribution is -0.384. The minimum Gasteiger partial charge on any atom is -0.486 e. The maximum atomic E-state index is 12.1. The fourth-order valence-corrected chi connectivity index (χ4v) is 2.00. The lowest BCUT2D eigenvalue weighted by Crippen LogP contribution is -2.16. The number of carbonyl (C=O) groups excluding carboxylic acids is 1. The van der Waals surface area contributed by atoms with Gasteiger partial charge >= 0.3 is 5.97 Å². The molecule has 0 spiro atoms. The van der Waals surface area contributed by atoms with Crippen molar-refractivity contribution in [2.75, 3.05) is 13.2 Å². The highest BCUT2D eigenvalue weighted by Crippen LogP contribution is 2.31. The number of ether oxygens (including phenoxy) is 3. The van der Waals surface area contributed by atoms with Gasteiger partial charge in [0, 0.05) is 6.07 Å². The van der Waals surface area contributed by atoms with Crippen molar-refractivity contribution < 1.29 is 23.9 Å². The molecular weight excluding hydrogens is 290 g/mol. The molecule has 0 atom stereocenters. The van der Waals surface area contributed by atoms with Gasteiger partial charge in [0.05, 0.1) is 16.6 Å². The number of hydrogen-bond donors (Lipinski definition) is 0. The van der Waals surface area contributed by atoms with Crippen molar-refractivity contribution in [2.45, 2.75) is 0 Å². The number of benzene rings is 2. The van der Waals surface area contributed by atoms with Gasteiger partial charge in [-0.2, -0.15) is 0 Å². The Balaban J connectivity index is 1.80. The third kappa shape index (κ3) is 2.83. The van der Waals surface area contributed by atoms with Gasteiger partial charge < -0.3 is 14.2 Å². The van der Waals surface area contributed by atoms with E-state index in [0.717, 1.165) is 0 Å². The summed E-state index contributed by atoms with van der Waals surface area (Å²) in [5, 5.41) is 10.7. The van der Waals surface area contributed by atoms with E-state index in [1.807, 2.05) is 0 Å². The third-order valence-electron chi connectivity index (χ3n) is 3.02. The molecule has 0 amide bonds. The van der Waals surface area contributed by atoms with Crippen molar-refractivity contribution in [3.63, 3.8) is 0 Å². The molecule has 112 valence electrons. The number of nitro groups is 1. The Morgan fingerprint density at radius 1 is 1.09 bits per heavy atom. The molecule has 0 aromatic heterocycles. The van der Waals surface area contributed by atoms with E-state index in [-0.39, 0.29) is 17.0 Å². The number of rotatable bonds is 3. The van der Waals surface area contributed by atoms with Crippen molar-refractivity contribution in [1.29, 1.82) is 0 Å². The Bertz CT molecular complexity index is 743. The molecule has 1 aliphatic heterocycles. The van der Waals surface area contributed by atoms with Gasteiger partial charge in [-0.1, -0.05) is 6.07 Å². The maximum Gasteiger partial charge on any atom is 0.343 e. The molecule has 0 unspecified atom stereocenters. The smallest absolute Gasteiger partial charge is 0.343 e. The molecule has 0 radical (unpaired) electrons. The predicted octanol–water partition coefficient (Wildman–Crippen LogP) is 2.59. The molecule has 7 heteroatoms. The molecule has 22 heavy (non-hydrogen) atoms. The number of fused-ring (bicyclic) bond motifs is 1. The van der Waals surface area contributed by atoms with Crippen LogP contribution in [0, 0.1) is 10.1 Å². The molecule has 0 saturated heterocycles. The number of hydrogen-bond acceptors (Lipinski definition) is 6. The average Bonchev–Trinajstić information content (AvgIpc) is 2.54. The van der Waals surface area contributed by atoms with Crippen LogP contribution in [0.3, 0.4) is 0 Å². The van der Waals surface area contributed by atoms with Crippen LogP contribution in [0.1, 0.15) is 10.4 Å². The molecule has 2 aromatic carbocycles. The Hall–Kier alpha value is -3.09. The zero-order valence-corrected chi connectivity index (χ0v) is 11.4. The lowest BCUT2D eigenvalue weighted by atomic mass is 10.2. The standard InChI is InChI=1S/C15H11NO6/c17-15(22-12-3-1-2-11(9-12)16(18)19)10-4-5-13-14(8-10)21-7-6-20-13/h1-5,8-9H,6-7H2. The van der Waals surface area contributed by atoms with Crippen LogP contribution < -0.4 is 14.2 Å². The minimum atomic E-state index is -0.627. The van der Waals surface area contributed by atoms with Crippen molar-refractivity contribution in [2.24, 2.45) is 0 Å². The third-order valence-corrected chi connectivity index (χ3v) is 3.02. The molecule has 0 saturated carbocycles. The summed E-state index contributed by atoms with van der Waals surface area (Å²) < 4.78 is 15.9. The molecule has 1 heterocycles. The highest BCUT2D eigenvalue weighted by Gasteiger charge is 2.17. The van der Waals surface area contributed by atoms with Crippen LogP contribution in [0.5, 0.6) is 17.2 Å². The molecule has 1 aliphatic rings. The Morgan fingerprint density at radius 2 is 1.86 bits per heavy atom. The van der Waals surface area contributed by atoms with E-state index in [2.05, 4.69) is 0 Å². The van der Waals surface area contributed by atoms with Gasteiger partial charge in [-0.25, -0.2) is 4.79 Å². The van der Waals surface area contributed by atoms with Gasteiger partial charge in [0.2, 0.25) is 0 Å². The van der Waals surface area contributed by atoms with Crippen molar-refractivity contribution in [3.05, 3.63) is 58.1 Å². The number of nitrogens with zero attached hydrogens (tertiary/aromatic N) is 1. The van der Waals surface area contributed by atoms with E-state index < -0.39 is 10.9 Å². The number of carbonyl (C=O) groups is 1. The summed E-state index contributed by atoms with van der Waals surface area (Å²) in [5.41, 5.74) is 0.128. The number of nitro benzene ring substituents is 1. The molecule has 0 bridgehead atoms. The van der Waals surface area contributed by atoms with E-state index in [9.17, 15) is 14.9 Å². The second-order valence-corrected chi connectivity index (χ2v) is 4.50. The van der Waals surface area contributed by atoms with E-state index in [0.29, 0.717) is 24.7 Å². The first-order valence-electron chi connectivity index (χ1n) is 6.50. The quantitative estimate of drug-likeness (QED) is 0.375. The van der Waals surface area contributed by atoms with Crippen LogP contribution in [-0.2, 0) is 0 Å². The topological polar surface area (TPSA) is 87.9 Å². The van der Waals surface area contributed by atoms with Crippen LogP contribution in [0.4, 0.5) is 5.69 Å². The van der Waals surface area contributed by atoms with Gasteiger partial charge in [0.15, 0.2) is 11.5 Å². The summed E-state index contributed by atoms with van der Waals surface area (Å²) in [4.78, 5) is 22.2. The van der Waals surface area contributed by atoms with Crippen molar-refractivity contribution in [3.8, 4) is 17.2 Å². The normalized spacial score (nSPS) is 12.5. The van der Waals surface area contributed by atoms with E-state index in [1.165, 1.54) is 30.3 Å². The second kappa shape index (κ2) is 5.72. The molecule has 0 N–H and O–H groups in total. The van der Waals surface area contributed by atoms with Crippen LogP contribution in [0.15, 0.2) is 42.5 Å².